The average molecular weight is 358 g/mol. The molecule has 1 N–H and O–H groups in total. The molecular formula is C17H22BrF2N. The van der Waals surface area contributed by atoms with Gasteiger partial charge in [0.05, 0.1) is 4.47 Å². The molecule has 0 amide bonds. The van der Waals surface area contributed by atoms with E-state index in [1.165, 1.54) is 31.4 Å². The molecule has 1 aromatic carbocycles. The summed E-state index contributed by atoms with van der Waals surface area (Å²) in [7, 11) is 0. The molecule has 0 aliphatic heterocycles. The molecule has 0 bridgehead atoms. The maximum atomic E-state index is 14.2. The number of rotatable bonds is 6. The Morgan fingerprint density at radius 1 is 1.24 bits per heavy atom. The molecule has 0 aromatic heterocycles. The summed E-state index contributed by atoms with van der Waals surface area (Å²) in [5, 5.41) is 3.53. The number of fused-ring (bicyclic) bond motifs is 1. The Balaban J connectivity index is 1.76. The molecule has 4 heteroatoms. The summed E-state index contributed by atoms with van der Waals surface area (Å²) in [6.45, 7) is 3.03. The van der Waals surface area contributed by atoms with Gasteiger partial charge in [-0.25, -0.2) is 8.78 Å². The Labute approximate surface area is 133 Å². The third-order valence-electron chi connectivity index (χ3n) is 5.07. The highest BCUT2D eigenvalue weighted by Crippen LogP contribution is 2.55. The number of nitrogens with one attached hydrogen (secondary N) is 1. The van der Waals surface area contributed by atoms with E-state index in [0.717, 1.165) is 24.8 Å². The lowest BCUT2D eigenvalue weighted by atomic mass is 9.89. The SMILES string of the molecule is CCCNC(Cc1c(F)ccc(Br)c1F)C1CC2CC2C1. The van der Waals surface area contributed by atoms with E-state index in [-0.39, 0.29) is 11.6 Å². The van der Waals surface area contributed by atoms with Crippen molar-refractivity contribution in [1.29, 1.82) is 0 Å². The van der Waals surface area contributed by atoms with Crippen molar-refractivity contribution in [1.82, 2.24) is 5.32 Å². The van der Waals surface area contributed by atoms with Crippen LogP contribution in [0.15, 0.2) is 16.6 Å². The van der Waals surface area contributed by atoms with Gasteiger partial charge in [-0.05, 0) is 84.5 Å². The Hall–Kier alpha value is -0.480. The summed E-state index contributed by atoms with van der Waals surface area (Å²) < 4.78 is 28.5. The fourth-order valence-corrected chi connectivity index (χ4v) is 4.17. The second-order valence-corrected chi connectivity index (χ2v) is 7.43. The Bertz CT molecular complexity index is 510. The maximum Gasteiger partial charge on any atom is 0.143 e. The van der Waals surface area contributed by atoms with E-state index < -0.39 is 11.6 Å². The first-order chi connectivity index (χ1) is 10.1. The largest absolute Gasteiger partial charge is 0.313 e. The lowest BCUT2D eigenvalue weighted by Gasteiger charge is -2.26. The van der Waals surface area contributed by atoms with Gasteiger partial charge in [0.2, 0.25) is 0 Å². The third kappa shape index (κ3) is 3.31. The predicted octanol–water partition coefficient (Wildman–Crippen LogP) is 4.68. The smallest absolute Gasteiger partial charge is 0.143 e. The first-order valence-electron chi connectivity index (χ1n) is 7.95. The zero-order valence-corrected chi connectivity index (χ0v) is 13.9. The van der Waals surface area contributed by atoms with Crippen molar-refractivity contribution < 1.29 is 8.78 Å². The van der Waals surface area contributed by atoms with E-state index >= 15 is 0 Å². The van der Waals surface area contributed by atoms with Crippen molar-refractivity contribution >= 4 is 15.9 Å². The van der Waals surface area contributed by atoms with Gasteiger partial charge in [0.1, 0.15) is 11.6 Å². The van der Waals surface area contributed by atoms with Crippen LogP contribution in [0.2, 0.25) is 0 Å². The van der Waals surface area contributed by atoms with Crippen LogP contribution in [0.25, 0.3) is 0 Å². The molecule has 21 heavy (non-hydrogen) atoms. The van der Waals surface area contributed by atoms with Gasteiger partial charge in [-0.3, -0.25) is 0 Å². The molecule has 1 nitrogen and oxygen atoms in total. The average Bonchev–Trinajstić information content (AvgIpc) is 3.09. The highest BCUT2D eigenvalue weighted by atomic mass is 79.9. The number of benzene rings is 1. The Morgan fingerprint density at radius 3 is 2.62 bits per heavy atom. The van der Waals surface area contributed by atoms with Crippen LogP contribution < -0.4 is 5.32 Å². The quantitative estimate of drug-likeness (QED) is 0.728. The highest BCUT2D eigenvalue weighted by molar-refractivity contribution is 9.10. The molecule has 2 aliphatic rings. The van der Waals surface area contributed by atoms with Gasteiger partial charge in [-0.2, -0.15) is 0 Å². The van der Waals surface area contributed by atoms with Gasteiger partial charge < -0.3 is 5.32 Å². The molecule has 1 aromatic rings. The van der Waals surface area contributed by atoms with Crippen LogP contribution in [0.4, 0.5) is 8.78 Å². The molecule has 2 aliphatic carbocycles. The minimum atomic E-state index is -0.443. The van der Waals surface area contributed by atoms with Crippen LogP contribution in [0.1, 0.15) is 38.2 Å². The molecule has 2 saturated carbocycles. The van der Waals surface area contributed by atoms with Gasteiger partial charge in [0, 0.05) is 11.6 Å². The van der Waals surface area contributed by atoms with E-state index in [2.05, 4.69) is 28.2 Å². The Morgan fingerprint density at radius 2 is 1.95 bits per heavy atom. The van der Waals surface area contributed by atoms with Crippen LogP contribution in [0.5, 0.6) is 0 Å². The lowest BCUT2D eigenvalue weighted by Crippen LogP contribution is -2.38. The van der Waals surface area contributed by atoms with Crippen molar-refractivity contribution in [3.05, 3.63) is 33.8 Å². The normalized spacial score (nSPS) is 28.5. The van der Waals surface area contributed by atoms with E-state index in [0.29, 0.717) is 16.8 Å². The van der Waals surface area contributed by atoms with E-state index in [1.54, 1.807) is 0 Å². The minimum Gasteiger partial charge on any atom is -0.313 e. The standard InChI is InChI=1S/C17H22BrF2N/c1-2-5-21-16(12-7-10-6-11(10)8-12)9-13-15(19)4-3-14(18)17(13)20/h3-4,10-12,16,21H,2,5-9H2,1H3. The number of halogens is 3. The second-order valence-electron chi connectivity index (χ2n) is 6.57. The number of hydrogen-bond acceptors (Lipinski definition) is 1. The summed E-state index contributed by atoms with van der Waals surface area (Å²) in [6.07, 6.45) is 5.31. The second kappa shape index (κ2) is 6.33. The minimum absolute atomic E-state index is 0.191. The third-order valence-corrected chi connectivity index (χ3v) is 5.68. The van der Waals surface area contributed by atoms with E-state index in [4.69, 9.17) is 0 Å². The summed E-state index contributed by atoms with van der Waals surface area (Å²) in [5.74, 6) is 1.47. The topological polar surface area (TPSA) is 12.0 Å². The zero-order chi connectivity index (χ0) is 15.0. The van der Waals surface area contributed by atoms with Gasteiger partial charge in [0.15, 0.2) is 0 Å². The molecule has 2 fully saturated rings. The summed E-state index contributed by atoms with van der Waals surface area (Å²) in [4.78, 5) is 0. The fourth-order valence-electron chi connectivity index (χ4n) is 3.80. The van der Waals surface area contributed by atoms with Crippen LogP contribution in [0, 0.1) is 29.4 Å². The van der Waals surface area contributed by atoms with Crippen molar-refractivity contribution in [2.45, 2.75) is 45.1 Å². The van der Waals surface area contributed by atoms with Crippen LogP contribution in [0.3, 0.4) is 0 Å². The fraction of sp³-hybridized carbons (Fsp3) is 0.647. The molecule has 0 heterocycles. The maximum absolute atomic E-state index is 14.2. The summed E-state index contributed by atoms with van der Waals surface area (Å²) in [5.41, 5.74) is 0.221. The van der Waals surface area contributed by atoms with Crippen molar-refractivity contribution in [3.8, 4) is 0 Å². The van der Waals surface area contributed by atoms with Gasteiger partial charge in [-0.1, -0.05) is 6.92 Å². The molecule has 3 rings (SSSR count). The van der Waals surface area contributed by atoms with E-state index in [9.17, 15) is 8.78 Å². The molecule has 116 valence electrons. The van der Waals surface area contributed by atoms with Crippen LogP contribution in [-0.2, 0) is 6.42 Å². The van der Waals surface area contributed by atoms with Crippen molar-refractivity contribution in [3.63, 3.8) is 0 Å². The van der Waals surface area contributed by atoms with Crippen LogP contribution in [-0.4, -0.2) is 12.6 Å². The predicted molar refractivity (Wildman–Crippen MR) is 84.2 cm³/mol. The molecule has 3 unspecified atom stereocenters. The monoisotopic (exact) mass is 357 g/mol. The van der Waals surface area contributed by atoms with Gasteiger partial charge in [0.25, 0.3) is 0 Å². The van der Waals surface area contributed by atoms with Crippen molar-refractivity contribution in [2.24, 2.45) is 17.8 Å². The Kier molecular flexibility index (Phi) is 4.65. The first kappa shape index (κ1) is 15.4. The summed E-state index contributed by atoms with van der Waals surface area (Å²) in [6, 6.07) is 2.98. The molecule has 0 saturated heterocycles. The molecule has 3 atom stereocenters. The molecular weight excluding hydrogens is 336 g/mol. The van der Waals surface area contributed by atoms with Gasteiger partial charge >= 0.3 is 0 Å². The molecule has 0 spiro atoms. The van der Waals surface area contributed by atoms with Crippen LogP contribution >= 0.6 is 15.9 Å². The van der Waals surface area contributed by atoms with E-state index in [1.807, 2.05) is 0 Å². The first-order valence-corrected chi connectivity index (χ1v) is 8.75. The lowest BCUT2D eigenvalue weighted by molar-refractivity contribution is 0.326. The zero-order valence-electron chi connectivity index (χ0n) is 12.3. The summed E-state index contributed by atoms with van der Waals surface area (Å²) >= 11 is 3.16. The molecule has 0 radical (unpaired) electrons. The number of hydrogen-bond donors (Lipinski definition) is 1. The van der Waals surface area contributed by atoms with Crippen molar-refractivity contribution in [2.75, 3.05) is 6.54 Å². The van der Waals surface area contributed by atoms with Gasteiger partial charge in [-0.15, -0.1) is 0 Å². The highest BCUT2D eigenvalue weighted by Gasteiger charge is 2.47.